The number of methoxy groups -OCH3 is 1. The maximum atomic E-state index is 14.5. The summed E-state index contributed by atoms with van der Waals surface area (Å²) in [6.45, 7) is 17.7. The molecule has 1 heterocycles. The zero-order valence-electron chi connectivity index (χ0n) is 25.7. The Morgan fingerprint density at radius 3 is 2.29 bits per heavy atom. The Labute approximate surface area is 244 Å². The molecule has 11 heteroatoms. The summed E-state index contributed by atoms with van der Waals surface area (Å²) in [5.74, 6) is -0.386. The summed E-state index contributed by atoms with van der Waals surface area (Å²) in [4.78, 5) is 12.4. The molecule has 9 nitrogen and oxygen atoms in total. The van der Waals surface area contributed by atoms with Gasteiger partial charge in [0.2, 0.25) is 5.88 Å². The Morgan fingerprint density at radius 2 is 1.73 bits per heavy atom. The molecule has 0 aliphatic carbocycles. The van der Waals surface area contributed by atoms with E-state index in [1.807, 2.05) is 27.7 Å². The molecule has 0 aliphatic heterocycles. The minimum absolute atomic E-state index is 0.0561. The number of benzene rings is 2. The minimum Gasteiger partial charge on any atom is -0.465 e. The van der Waals surface area contributed by atoms with E-state index in [1.165, 1.54) is 7.11 Å². The number of sulfonamides is 1. The Balaban J connectivity index is 2.19. The second-order valence-electron chi connectivity index (χ2n) is 12.1. The Hall–Kier alpha value is -2.99. The molecule has 0 aliphatic rings. The first kappa shape index (κ1) is 32.5. The van der Waals surface area contributed by atoms with Crippen molar-refractivity contribution in [3.05, 3.63) is 64.8 Å². The Morgan fingerprint density at radius 1 is 1.07 bits per heavy atom. The first-order valence-corrected chi connectivity index (χ1v) is 18.5. The molecule has 0 saturated heterocycles. The van der Waals surface area contributed by atoms with Crippen molar-refractivity contribution in [2.75, 3.05) is 18.1 Å². The third-order valence-electron chi connectivity index (χ3n) is 6.95. The standard InChI is InChI=1S/C30H42N2O7SSi/c1-20-21(2)31-39-28(20)32(19-37-22(3)41(8,9)10)40(34,35)27-14-12-11-13-26(27)25-16-15-23(29(33)36-7)17-24(25)18-38-30(4,5)6/h11-17,22H,18-19H2,1-10H3. The topological polar surface area (TPSA) is 108 Å². The molecule has 1 atom stereocenters. The quantitative estimate of drug-likeness (QED) is 0.139. The smallest absolute Gasteiger partial charge is 0.337 e. The van der Waals surface area contributed by atoms with Gasteiger partial charge in [0.15, 0.2) is 0 Å². The largest absolute Gasteiger partial charge is 0.465 e. The van der Waals surface area contributed by atoms with E-state index in [4.69, 9.17) is 18.7 Å². The molecule has 3 aromatic rings. The number of rotatable bonds is 11. The summed E-state index contributed by atoms with van der Waals surface area (Å²) in [6.07, 6.45) is 0. The number of esters is 1. The fraction of sp³-hybridized carbons (Fsp3) is 0.467. The van der Waals surface area contributed by atoms with Gasteiger partial charge in [0.25, 0.3) is 10.0 Å². The highest BCUT2D eigenvalue weighted by molar-refractivity contribution is 7.93. The second-order valence-corrected chi connectivity index (χ2v) is 19.5. The monoisotopic (exact) mass is 602 g/mol. The molecule has 0 radical (unpaired) electrons. The lowest BCUT2D eigenvalue weighted by atomic mass is 9.97. The molecule has 2 aromatic carbocycles. The lowest BCUT2D eigenvalue weighted by Gasteiger charge is -2.29. The zero-order valence-corrected chi connectivity index (χ0v) is 27.5. The molecule has 224 valence electrons. The predicted octanol–water partition coefficient (Wildman–Crippen LogP) is 6.50. The highest BCUT2D eigenvalue weighted by atomic mass is 32.2. The molecule has 0 bridgehead atoms. The van der Waals surface area contributed by atoms with Gasteiger partial charge in [0.1, 0.15) is 6.73 Å². The van der Waals surface area contributed by atoms with E-state index in [9.17, 15) is 13.2 Å². The summed E-state index contributed by atoms with van der Waals surface area (Å²) < 4.78 is 52.7. The average molecular weight is 603 g/mol. The predicted molar refractivity (Wildman–Crippen MR) is 162 cm³/mol. The van der Waals surface area contributed by atoms with Crippen LogP contribution in [0, 0.1) is 13.8 Å². The number of hydrogen-bond donors (Lipinski definition) is 0. The molecule has 0 amide bonds. The van der Waals surface area contributed by atoms with Gasteiger partial charge in [0.05, 0.1) is 43.5 Å². The zero-order chi connectivity index (χ0) is 30.8. The third kappa shape index (κ3) is 7.65. The Kier molecular flexibility index (Phi) is 9.90. The van der Waals surface area contributed by atoms with Crippen molar-refractivity contribution >= 4 is 30.0 Å². The van der Waals surface area contributed by atoms with Crippen LogP contribution in [0.1, 0.15) is 54.9 Å². The van der Waals surface area contributed by atoms with Crippen molar-refractivity contribution < 1.29 is 31.9 Å². The Bertz CT molecular complexity index is 1490. The number of carbonyl (C=O) groups is 1. The second kappa shape index (κ2) is 12.5. The maximum absolute atomic E-state index is 14.5. The number of ether oxygens (including phenoxy) is 3. The average Bonchev–Trinajstić information content (AvgIpc) is 3.23. The van der Waals surface area contributed by atoms with Crippen molar-refractivity contribution in [1.29, 1.82) is 0 Å². The molecule has 0 spiro atoms. The number of nitrogens with zero attached hydrogens (tertiary/aromatic N) is 2. The van der Waals surface area contributed by atoms with Crippen LogP contribution >= 0.6 is 0 Å². The van der Waals surface area contributed by atoms with E-state index < -0.39 is 29.7 Å². The maximum Gasteiger partial charge on any atom is 0.337 e. The third-order valence-corrected chi connectivity index (χ3v) is 11.3. The first-order valence-electron chi connectivity index (χ1n) is 13.5. The van der Waals surface area contributed by atoms with Crippen LogP contribution in [0.2, 0.25) is 19.6 Å². The van der Waals surface area contributed by atoms with Crippen LogP contribution in [0.15, 0.2) is 51.9 Å². The normalized spacial score (nSPS) is 13.2. The molecular formula is C30H42N2O7SSi. The van der Waals surface area contributed by atoms with E-state index in [0.29, 0.717) is 33.5 Å². The molecule has 0 saturated carbocycles. The van der Waals surface area contributed by atoms with Crippen LogP contribution in [0.25, 0.3) is 11.1 Å². The van der Waals surface area contributed by atoms with E-state index in [2.05, 4.69) is 24.8 Å². The van der Waals surface area contributed by atoms with Crippen LogP contribution < -0.4 is 4.31 Å². The molecule has 0 fully saturated rings. The van der Waals surface area contributed by atoms with E-state index in [1.54, 1.807) is 56.3 Å². The van der Waals surface area contributed by atoms with Gasteiger partial charge in [0, 0.05) is 16.9 Å². The van der Waals surface area contributed by atoms with Gasteiger partial charge in [-0.25, -0.2) is 17.5 Å². The summed E-state index contributed by atoms with van der Waals surface area (Å²) in [7, 11) is -4.63. The molecule has 41 heavy (non-hydrogen) atoms. The van der Waals surface area contributed by atoms with Crippen LogP contribution in [-0.2, 0) is 30.8 Å². The summed E-state index contributed by atoms with van der Waals surface area (Å²) in [6, 6.07) is 11.8. The summed E-state index contributed by atoms with van der Waals surface area (Å²) in [5, 5.41) is 4.01. The van der Waals surface area contributed by atoms with Crippen molar-refractivity contribution in [3.8, 4) is 11.1 Å². The fourth-order valence-electron chi connectivity index (χ4n) is 3.85. The molecule has 3 rings (SSSR count). The number of hydrogen-bond acceptors (Lipinski definition) is 8. The van der Waals surface area contributed by atoms with E-state index >= 15 is 0 Å². The lowest BCUT2D eigenvalue weighted by molar-refractivity contribution is -0.0147. The molecule has 0 N–H and O–H groups in total. The van der Waals surface area contributed by atoms with Gasteiger partial charge in [-0.2, -0.15) is 0 Å². The van der Waals surface area contributed by atoms with Crippen LogP contribution in [-0.4, -0.2) is 52.8 Å². The summed E-state index contributed by atoms with van der Waals surface area (Å²) in [5.41, 5.74) is 2.67. The van der Waals surface area contributed by atoms with Gasteiger partial charge in [-0.15, -0.1) is 0 Å². The molecule has 1 aromatic heterocycles. The van der Waals surface area contributed by atoms with Gasteiger partial charge in [-0.05, 0) is 70.9 Å². The fourth-order valence-corrected chi connectivity index (χ4v) is 5.96. The van der Waals surface area contributed by atoms with Crippen LogP contribution in [0.4, 0.5) is 5.88 Å². The van der Waals surface area contributed by atoms with Gasteiger partial charge < -0.3 is 18.7 Å². The molecular weight excluding hydrogens is 560 g/mol. The number of anilines is 1. The highest BCUT2D eigenvalue weighted by Crippen LogP contribution is 2.36. The number of aromatic nitrogens is 1. The lowest BCUT2D eigenvalue weighted by Crippen LogP contribution is -2.42. The van der Waals surface area contributed by atoms with Gasteiger partial charge >= 0.3 is 5.97 Å². The van der Waals surface area contributed by atoms with Crippen molar-refractivity contribution in [3.63, 3.8) is 0 Å². The molecule has 1 unspecified atom stereocenters. The van der Waals surface area contributed by atoms with Crippen LogP contribution in [0.3, 0.4) is 0 Å². The first-order chi connectivity index (χ1) is 19.0. The minimum atomic E-state index is -4.22. The SMILES string of the molecule is COC(=O)c1ccc(-c2ccccc2S(=O)(=O)N(COC(C)[Si](C)(C)C)c2onc(C)c2C)c(COC(C)(C)C)c1. The van der Waals surface area contributed by atoms with Gasteiger partial charge in [-0.1, -0.05) is 49.1 Å². The van der Waals surface area contributed by atoms with Crippen LogP contribution in [0.5, 0.6) is 0 Å². The van der Waals surface area contributed by atoms with Crippen molar-refractivity contribution in [2.45, 2.75) is 84.0 Å². The van der Waals surface area contributed by atoms with Gasteiger partial charge in [-0.3, -0.25) is 0 Å². The highest BCUT2D eigenvalue weighted by Gasteiger charge is 2.34. The van der Waals surface area contributed by atoms with E-state index in [0.717, 1.165) is 4.31 Å². The number of carbonyl (C=O) groups excluding carboxylic acids is 1. The number of aryl methyl sites for hydroxylation is 1. The van der Waals surface area contributed by atoms with E-state index in [-0.39, 0.29) is 29.8 Å². The van der Waals surface area contributed by atoms with Crippen molar-refractivity contribution in [2.24, 2.45) is 0 Å². The van der Waals surface area contributed by atoms with Crippen molar-refractivity contribution in [1.82, 2.24) is 5.16 Å². The summed E-state index contributed by atoms with van der Waals surface area (Å²) >= 11 is 0.